The molecule has 2 aliphatic heterocycles. The molecule has 1 amide bonds. The molecule has 18 heavy (non-hydrogen) atoms. The average Bonchev–Trinajstić information content (AvgIpc) is 2.95. The lowest BCUT2D eigenvalue weighted by molar-refractivity contribution is 0.0944. The maximum Gasteiger partial charge on any atom is 0.410 e. The molecular weight excluding hydrogens is 230 g/mol. The summed E-state index contributed by atoms with van der Waals surface area (Å²) in [7, 11) is 0. The summed E-state index contributed by atoms with van der Waals surface area (Å²) in [5.74, 6) is 0.0981. The van der Waals surface area contributed by atoms with E-state index in [9.17, 15) is 9.59 Å². The number of fused-ring (bicyclic) bond motifs is 1. The van der Waals surface area contributed by atoms with Gasteiger partial charge in [-0.2, -0.15) is 0 Å². The van der Waals surface area contributed by atoms with Crippen LogP contribution in [-0.2, 0) is 4.74 Å². The zero-order chi connectivity index (χ0) is 12.5. The summed E-state index contributed by atoms with van der Waals surface area (Å²) in [6.07, 6.45) is 1.98. The van der Waals surface area contributed by atoms with Gasteiger partial charge in [0.15, 0.2) is 5.78 Å². The molecule has 0 saturated carbocycles. The fourth-order valence-electron chi connectivity index (χ4n) is 2.82. The van der Waals surface area contributed by atoms with Gasteiger partial charge in [-0.25, -0.2) is 4.79 Å². The molecule has 94 valence electrons. The number of hydrogen-bond acceptors (Lipinski definition) is 3. The number of nitrogens with zero attached hydrogens (tertiary/aromatic N) is 1. The first-order valence-electron chi connectivity index (χ1n) is 6.29. The zero-order valence-corrected chi connectivity index (χ0v) is 10.0. The SMILES string of the molecule is O=C(C[C@@H]1CC[C@H]2COC(=O)N21)c1ccccc1. The number of hydrogen-bond donors (Lipinski definition) is 0. The number of amides is 1. The van der Waals surface area contributed by atoms with E-state index in [-0.39, 0.29) is 24.0 Å². The summed E-state index contributed by atoms with van der Waals surface area (Å²) >= 11 is 0. The highest BCUT2D eigenvalue weighted by molar-refractivity contribution is 5.96. The van der Waals surface area contributed by atoms with Crippen LogP contribution in [0.1, 0.15) is 29.6 Å². The van der Waals surface area contributed by atoms with Crippen molar-refractivity contribution in [3.8, 4) is 0 Å². The second-order valence-corrected chi connectivity index (χ2v) is 4.86. The van der Waals surface area contributed by atoms with E-state index >= 15 is 0 Å². The first-order chi connectivity index (χ1) is 8.75. The van der Waals surface area contributed by atoms with Gasteiger partial charge in [-0.3, -0.25) is 9.69 Å². The van der Waals surface area contributed by atoms with Crippen LogP contribution in [0.2, 0.25) is 0 Å². The highest BCUT2D eigenvalue weighted by atomic mass is 16.6. The summed E-state index contributed by atoms with van der Waals surface area (Å²) < 4.78 is 5.01. The maximum atomic E-state index is 12.1. The Kier molecular flexibility index (Phi) is 2.78. The molecule has 1 aromatic carbocycles. The number of ketones is 1. The van der Waals surface area contributed by atoms with Crippen LogP contribution in [0.4, 0.5) is 4.79 Å². The molecule has 0 radical (unpaired) electrons. The lowest BCUT2D eigenvalue weighted by Gasteiger charge is -2.20. The van der Waals surface area contributed by atoms with E-state index in [1.807, 2.05) is 30.3 Å². The highest BCUT2D eigenvalue weighted by Crippen LogP contribution is 2.31. The van der Waals surface area contributed by atoms with Crippen molar-refractivity contribution >= 4 is 11.9 Å². The molecule has 2 atom stereocenters. The second-order valence-electron chi connectivity index (χ2n) is 4.86. The molecule has 1 aromatic rings. The molecule has 0 aliphatic carbocycles. The molecule has 2 aliphatic rings. The van der Waals surface area contributed by atoms with Crippen molar-refractivity contribution in [2.45, 2.75) is 31.3 Å². The Morgan fingerprint density at radius 2 is 2.06 bits per heavy atom. The Bertz CT molecular complexity index is 471. The minimum absolute atomic E-state index is 0.0118. The third-order valence-corrected chi connectivity index (χ3v) is 3.75. The lowest BCUT2D eigenvalue weighted by Crippen LogP contribution is -2.36. The van der Waals surface area contributed by atoms with Crippen molar-refractivity contribution in [1.82, 2.24) is 4.90 Å². The number of benzene rings is 1. The lowest BCUT2D eigenvalue weighted by atomic mass is 10.0. The largest absolute Gasteiger partial charge is 0.447 e. The fraction of sp³-hybridized carbons (Fsp3) is 0.429. The van der Waals surface area contributed by atoms with Crippen LogP contribution in [0.15, 0.2) is 30.3 Å². The summed E-state index contributed by atoms with van der Waals surface area (Å²) in [5.41, 5.74) is 0.716. The summed E-state index contributed by atoms with van der Waals surface area (Å²) in [6.45, 7) is 0.481. The Hall–Kier alpha value is -1.84. The molecule has 3 rings (SSSR count). The van der Waals surface area contributed by atoms with Crippen LogP contribution in [-0.4, -0.2) is 35.5 Å². The smallest absolute Gasteiger partial charge is 0.410 e. The predicted octanol–water partition coefficient (Wildman–Crippen LogP) is 2.24. The van der Waals surface area contributed by atoms with Crippen LogP contribution in [0, 0.1) is 0 Å². The molecule has 0 aromatic heterocycles. The number of cyclic esters (lactones) is 1. The Morgan fingerprint density at radius 3 is 2.83 bits per heavy atom. The monoisotopic (exact) mass is 245 g/mol. The van der Waals surface area contributed by atoms with Gasteiger partial charge in [0.05, 0.1) is 6.04 Å². The van der Waals surface area contributed by atoms with Gasteiger partial charge in [0, 0.05) is 18.0 Å². The Balaban J connectivity index is 1.70. The molecule has 2 fully saturated rings. The van der Waals surface area contributed by atoms with E-state index in [0.717, 1.165) is 12.8 Å². The topological polar surface area (TPSA) is 46.6 Å². The van der Waals surface area contributed by atoms with E-state index in [0.29, 0.717) is 18.6 Å². The van der Waals surface area contributed by atoms with Crippen molar-refractivity contribution in [2.24, 2.45) is 0 Å². The van der Waals surface area contributed by atoms with Gasteiger partial charge < -0.3 is 4.74 Å². The number of Topliss-reactive ketones (excluding diaryl/α,β-unsaturated/α-hetero) is 1. The number of rotatable bonds is 3. The molecule has 4 heteroatoms. The van der Waals surface area contributed by atoms with Gasteiger partial charge in [0.25, 0.3) is 0 Å². The van der Waals surface area contributed by atoms with Crippen molar-refractivity contribution in [2.75, 3.05) is 6.61 Å². The summed E-state index contributed by atoms with van der Waals surface area (Å²) in [6, 6.07) is 9.43. The Labute approximate surface area is 106 Å². The summed E-state index contributed by atoms with van der Waals surface area (Å²) in [5, 5.41) is 0. The molecule has 2 saturated heterocycles. The zero-order valence-electron chi connectivity index (χ0n) is 10.0. The Morgan fingerprint density at radius 1 is 1.28 bits per heavy atom. The minimum Gasteiger partial charge on any atom is -0.447 e. The third kappa shape index (κ3) is 1.88. The van der Waals surface area contributed by atoms with E-state index in [1.165, 1.54) is 0 Å². The summed E-state index contributed by atoms with van der Waals surface area (Å²) in [4.78, 5) is 25.4. The third-order valence-electron chi connectivity index (χ3n) is 3.75. The van der Waals surface area contributed by atoms with Crippen LogP contribution >= 0.6 is 0 Å². The number of carbonyl (C=O) groups is 2. The van der Waals surface area contributed by atoms with Crippen LogP contribution < -0.4 is 0 Å². The molecular formula is C14H15NO3. The first kappa shape index (κ1) is 11.3. The first-order valence-corrected chi connectivity index (χ1v) is 6.29. The quantitative estimate of drug-likeness (QED) is 0.767. The minimum atomic E-state index is -0.261. The van der Waals surface area contributed by atoms with Gasteiger partial charge in [-0.15, -0.1) is 0 Å². The maximum absolute atomic E-state index is 12.1. The molecule has 0 unspecified atom stereocenters. The van der Waals surface area contributed by atoms with Gasteiger partial charge in [0.2, 0.25) is 0 Å². The van der Waals surface area contributed by atoms with Crippen LogP contribution in [0.5, 0.6) is 0 Å². The highest BCUT2D eigenvalue weighted by Gasteiger charge is 2.43. The van der Waals surface area contributed by atoms with E-state index < -0.39 is 0 Å². The fourth-order valence-corrected chi connectivity index (χ4v) is 2.82. The standard InChI is InChI=1S/C14H15NO3/c16-13(10-4-2-1-3-5-10)8-11-6-7-12-9-18-14(17)15(11)12/h1-5,11-12H,6-9H2/t11-,12-/m0/s1. The van der Waals surface area contributed by atoms with Gasteiger partial charge >= 0.3 is 6.09 Å². The number of ether oxygens (including phenoxy) is 1. The predicted molar refractivity (Wildman–Crippen MR) is 65.4 cm³/mol. The van der Waals surface area contributed by atoms with Crippen LogP contribution in [0.3, 0.4) is 0 Å². The molecule has 2 heterocycles. The van der Waals surface area contributed by atoms with Gasteiger partial charge in [-0.1, -0.05) is 30.3 Å². The van der Waals surface area contributed by atoms with Crippen molar-refractivity contribution in [3.05, 3.63) is 35.9 Å². The van der Waals surface area contributed by atoms with Crippen molar-refractivity contribution in [1.29, 1.82) is 0 Å². The number of carbonyl (C=O) groups excluding carboxylic acids is 2. The molecule has 0 bridgehead atoms. The normalized spacial score (nSPS) is 26.0. The van der Waals surface area contributed by atoms with Crippen molar-refractivity contribution in [3.63, 3.8) is 0 Å². The van der Waals surface area contributed by atoms with E-state index in [4.69, 9.17) is 4.74 Å². The van der Waals surface area contributed by atoms with Gasteiger partial charge in [0.1, 0.15) is 6.61 Å². The van der Waals surface area contributed by atoms with Crippen molar-refractivity contribution < 1.29 is 14.3 Å². The van der Waals surface area contributed by atoms with Crippen LogP contribution in [0.25, 0.3) is 0 Å². The van der Waals surface area contributed by atoms with E-state index in [1.54, 1.807) is 4.90 Å². The van der Waals surface area contributed by atoms with Gasteiger partial charge in [-0.05, 0) is 12.8 Å². The molecule has 0 spiro atoms. The second kappa shape index (κ2) is 4.44. The molecule has 4 nitrogen and oxygen atoms in total. The van der Waals surface area contributed by atoms with E-state index in [2.05, 4.69) is 0 Å². The molecule has 0 N–H and O–H groups in total. The average molecular weight is 245 g/mol.